The average molecular weight is 803 g/mol. The Kier molecular flexibility index (Phi) is 11.9. The van der Waals surface area contributed by atoms with Gasteiger partial charge in [0.15, 0.2) is 11.9 Å². The van der Waals surface area contributed by atoms with E-state index in [4.69, 9.17) is 28.6 Å². The average Bonchev–Trinajstić information content (AvgIpc) is 3.40. The van der Waals surface area contributed by atoms with E-state index in [1.165, 1.54) is 24.9 Å². The highest BCUT2D eigenvalue weighted by Crippen LogP contribution is 2.43. The molecule has 2 aliphatic rings. The van der Waals surface area contributed by atoms with Crippen LogP contribution in [0, 0.1) is 24.2 Å². The first-order valence-electron chi connectivity index (χ1n) is 19.5. The Labute approximate surface area is 334 Å². The number of anilines is 1. The highest BCUT2D eigenvalue weighted by Gasteiger charge is 2.45. The van der Waals surface area contributed by atoms with Crippen molar-refractivity contribution in [1.82, 2.24) is 14.9 Å². The predicted octanol–water partition coefficient (Wildman–Crippen LogP) is 9.71. The van der Waals surface area contributed by atoms with Gasteiger partial charge in [-0.3, -0.25) is 4.90 Å². The molecule has 0 spiro atoms. The van der Waals surface area contributed by atoms with Crippen molar-refractivity contribution in [2.75, 3.05) is 38.1 Å². The van der Waals surface area contributed by atoms with E-state index in [1.54, 1.807) is 12.1 Å². The predicted molar refractivity (Wildman–Crippen MR) is 225 cm³/mol. The maximum absolute atomic E-state index is 16.2. The summed E-state index contributed by atoms with van der Waals surface area (Å²) in [4.78, 5) is 41.3. The van der Waals surface area contributed by atoms with E-state index in [-0.39, 0.29) is 41.7 Å². The number of piperazine rings is 1. The molecule has 2 atom stereocenters. The van der Waals surface area contributed by atoms with Crippen LogP contribution < -0.4 is 15.3 Å². The van der Waals surface area contributed by atoms with E-state index >= 15 is 4.39 Å². The number of hydrogen-bond donors (Lipinski definition) is 0. The van der Waals surface area contributed by atoms with E-state index in [2.05, 4.69) is 57.9 Å². The van der Waals surface area contributed by atoms with E-state index < -0.39 is 25.1 Å². The zero-order valence-electron chi connectivity index (χ0n) is 34.8. The summed E-state index contributed by atoms with van der Waals surface area (Å²) in [6.07, 6.45) is 3.21. The number of nitrogens with zero attached hydrogens (tertiary/aromatic N) is 4. The quantitative estimate of drug-likeness (QED) is 0.0534. The molecule has 2 saturated heterocycles. The van der Waals surface area contributed by atoms with Crippen LogP contribution in [0.15, 0.2) is 38.6 Å². The number of benzene rings is 2. The smallest absolute Gasteiger partial charge is 0.410 e. The molecule has 6 rings (SSSR count). The molecule has 2 bridgehead atoms. The van der Waals surface area contributed by atoms with Crippen LogP contribution in [0.2, 0.25) is 16.6 Å². The molecule has 56 heavy (non-hydrogen) atoms. The first kappa shape index (κ1) is 41.5. The normalized spacial score (nSPS) is 17.4. The fourth-order valence-corrected chi connectivity index (χ4v) is 14.6. The fraction of sp³-hybridized carbons (Fsp3) is 0.535. The zero-order chi connectivity index (χ0) is 40.9. The molecule has 0 aliphatic carbocycles. The molecule has 2 fully saturated rings. The molecule has 1 amide bonds. The van der Waals surface area contributed by atoms with Crippen LogP contribution in [-0.4, -0.2) is 80.0 Å². The highest BCUT2D eigenvalue weighted by atomic mass is 32.2. The first-order chi connectivity index (χ1) is 26.4. The van der Waals surface area contributed by atoms with Crippen molar-refractivity contribution in [3.05, 3.63) is 51.6 Å². The monoisotopic (exact) mass is 802 g/mol. The van der Waals surface area contributed by atoms with Crippen LogP contribution in [-0.2, 0) is 9.47 Å². The Morgan fingerprint density at radius 1 is 1.04 bits per heavy atom. The Balaban J connectivity index is 1.56. The van der Waals surface area contributed by atoms with Crippen LogP contribution in [0.5, 0.6) is 5.75 Å². The van der Waals surface area contributed by atoms with Crippen LogP contribution >= 0.6 is 11.8 Å². The molecular formula is C43H55FN4O6SSi. The van der Waals surface area contributed by atoms with Crippen molar-refractivity contribution >= 4 is 53.4 Å². The van der Waals surface area contributed by atoms with Gasteiger partial charge in [-0.15, -0.1) is 5.54 Å². The molecule has 0 saturated carbocycles. The molecule has 13 heteroatoms. The molecule has 2 aromatic carbocycles. The number of halogens is 1. The lowest BCUT2D eigenvalue weighted by molar-refractivity contribution is 0.0122. The SMILES string of the molecule is COCOc1cc(-c2oc(=O)c3c(N4C[C@H]5CC[C@@H](C4)N5C(=O)OC(C)(C)C)nc(SC)nc3c2C)c2c(C#C[Si](C(C)C)(C(C)C)C(C)C)c(F)ccc2c1. The molecular weight excluding hydrogens is 748 g/mol. The number of carbonyl (C=O) groups excluding carboxylic acids is 1. The second kappa shape index (κ2) is 16.0. The van der Waals surface area contributed by atoms with Crippen LogP contribution in [0.4, 0.5) is 15.0 Å². The maximum atomic E-state index is 16.2. The summed E-state index contributed by atoms with van der Waals surface area (Å²) >= 11 is 1.38. The molecule has 2 aliphatic heterocycles. The summed E-state index contributed by atoms with van der Waals surface area (Å²) in [5, 5.41) is 1.96. The number of methoxy groups -OCH3 is 1. The van der Waals surface area contributed by atoms with Crippen molar-refractivity contribution in [3.63, 3.8) is 0 Å². The van der Waals surface area contributed by atoms with Crippen molar-refractivity contribution in [1.29, 1.82) is 0 Å². The van der Waals surface area contributed by atoms with Gasteiger partial charge in [0.05, 0.1) is 23.2 Å². The third-order valence-electron chi connectivity index (χ3n) is 11.4. The summed E-state index contributed by atoms with van der Waals surface area (Å²) in [5.41, 5.74) is 5.27. The molecule has 2 aromatic heterocycles. The topological polar surface area (TPSA) is 107 Å². The number of hydrogen-bond acceptors (Lipinski definition) is 10. The minimum atomic E-state index is -2.26. The Bertz CT molecular complexity index is 2240. The summed E-state index contributed by atoms with van der Waals surface area (Å²) in [6, 6.07) is 6.52. The summed E-state index contributed by atoms with van der Waals surface area (Å²) in [6.45, 7) is 21.8. The van der Waals surface area contributed by atoms with Gasteiger partial charge < -0.3 is 23.5 Å². The number of fused-ring (bicyclic) bond motifs is 4. The number of rotatable bonds is 9. The molecule has 0 unspecified atom stereocenters. The largest absolute Gasteiger partial charge is 0.468 e. The molecule has 4 heterocycles. The maximum Gasteiger partial charge on any atom is 0.410 e. The number of ether oxygens (including phenoxy) is 3. The first-order valence-corrected chi connectivity index (χ1v) is 22.9. The van der Waals surface area contributed by atoms with E-state index in [9.17, 15) is 9.59 Å². The second-order valence-electron chi connectivity index (χ2n) is 17.0. The molecule has 0 radical (unpaired) electrons. The van der Waals surface area contributed by atoms with Gasteiger partial charge in [0.2, 0.25) is 0 Å². The molecule has 4 aromatic rings. The number of aryl methyl sites for hydroxylation is 1. The summed E-state index contributed by atoms with van der Waals surface area (Å²) in [7, 11) is -0.720. The summed E-state index contributed by atoms with van der Waals surface area (Å²) in [5.74, 6) is 4.10. The van der Waals surface area contributed by atoms with E-state index in [0.29, 0.717) is 73.9 Å². The van der Waals surface area contributed by atoms with Gasteiger partial charge in [-0.05, 0) is 87.0 Å². The third kappa shape index (κ3) is 7.64. The van der Waals surface area contributed by atoms with Gasteiger partial charge in [0.1, 0.15) is 42.2 Å². The van der Waals surface area contributed by atoms with Gasteiger partial charge in [-0.25, -0.2) is 23.9 Å². The highest BCUT2D eigenvalue weighted by molar-refractivity contribution is 7.98. The molecule has 10 nitrogen and oxygen atoms in total. The number of aromatic nitrogens is 2. The molecule has 0 N–H and O–H groups in total. The van der Waals surface area contributed by atoms with Crippen molar-refractivity contribution in [2.24, 2.45) is 0 Å². The third-order valence-corrected chi connectivity index (χ3v) is 18.3. The summed E-state index contributed by atoms with van der Waals surface area (Å²) < 4.78 is 39.5. The van der Waals surface area contributed by atoms with Crippen LogP contribution in [0.25, 0.3) is 33.0 Å². The van der Waals surface area contributed by atoms with Crippen LogP contribution in [0.3, 0.4) is 0 Å². The van der Waals surface area contributed by atoms with Crippen molar-refractivity contribution < 1.29 is 27.8 Å². The Hall–Kier alpha value is -4.12. The lowest BCUT2D eigenvalue weighted by Gasteiger charge is -2.42. The van der Waals surface area contributed by atoms with E-state index in [0.717, 1.165) is 12.8 Å². The van der Waals surface area contributed by atoms with Gasteiger partial charge >= 0.3 is 11.7 Å². The van der Waals surface area contributed by atoms with E-state index in [1.807, 2.05) is 44.9 Å². The van der Waals surface area contributed by atoms with Crippen molar-refractivity contribution in [3.8, 4) is 28.5 Å². The Morgan fingerprint density at radius 3 is 2.25 bits per heavy atom. The van der Waals surface area contributed by atoms with Gasteiger partial charge in [-0.2, -0.15) is 0 Å². The minimum absolute atomic E-state index is 0.0123. The van der Waals surface area contributed by atoms with Crippen molar-refractivity contribution in [2.45, 2.75) is 122 Å². The lowest BCUT2D eigenvalue weighted by atomic mass is 9.95. The Morgan fingerprint density at radius 2 is 1.68 bits per heavy atom. The zero-order valence-corrected chi connectivity index (χ0v) is 36.6. The van der Waals surface area contributed by atoms with Gasteiger partial charge in [0, 0.05) is 36.7 Å². The fourth-order valence-electron chi connectivity index (χ4n) is 9.01. The van der Waals surface area contributed by atoms with Gasteiger partial charge in [0.25, 0.3) is 0 Å². The lowest BCUT2D eigenvalue weighted by Crippen LogP contribution is -2.57. The van der Waals surface area contributed by atoms with Gasteiger partial charge in [-0.1, -0.05) is 65.3 Å². The number of thioether (sulfide) groups is 1. The molecule has 300 valence electrons. The number of amides is 1. The standard InChI is InChI=1S/C43H55FN4O6SSi/c1-24(2)56(25(3)4,26(5)6)18-17-32-34(44)16-13-28-19-31(52-23-51-11)20-33(35(28)32)38-27(7)37-36(40(49)53-38)39(46-41(45-37)55-12)47-21-29-14-15-30(22-47)48(29)42(50)54-43(8,9)10/h13,16,19-20,24-26,29-30H,14-15,21-23H2,1-12H3/t29-,30+. The van der Waals surface area contributed by atoms with Crippen LogP contribution in [0.1, 0.15) is 86.3 Å². The number of carbonyl (C=O) groups is 1. The minimum Gasteiger partial charge on any atom is -0.468 e. The second-order valence-corrected chi connectivity index (χ2v) is 23.3.